The molecule has 4 nitrogen and oxygen atoms in total. The Morgan fingerprint density at radius 1 is 1.58 bits per heavy atom. The van der Waals surface area contributed by atoms with Gasteiger partial charge in [-0.15, -0.1) is 11.3 Å². The van der Waals surface area contributed by atoms with Crippen molar-refractivity contribution in [3.8, 4) is 0 Å². The molecule has 1 saturated heterocycles. The van der Waals surface area contributed by atoms with Crippen LogP contribution in [0.5, 0.6) is 0 Å². The number of amides is 1. The quantitative estimate of drug-likeness (QED) is 0.586. The molecule has 19 heavy (non-hydrogen) atoms. The number of rotatable bonds is 3. The van der Waals surface area contributed by atoms with Crippen LogP contribution in [0, 0.1) is 8.80 Å². The second kappa shape index (κ2) is 6.69. The normalized spacial score (nSPS) is 19.3. The maximum atomic E-state index is 12.3. The minimum absolute atomic E-state index is 0.0214. The van der Waals surface area contributed by atoms with Crippen molar-refractivity contribution in [1.82, 2.24) is 4.90 Å². The third kappa shape index (κ3) is 3.68. The molecule has 1 amide bonds. The Morgan fingerprint density at radius 3 is 3.00 bits per heavy atom. The van der Waals surface area contributed by atoms with Crippen molar-refractivity contribution in [3.63, 3.8) is 0 Å². The number of nitrogens with zero attached hydrogens (tertiary/aromatic N) is 1. The Labute approximate surface area is 130 Å². The zero-order valence-corrected chi connectivity index (χ0v) is 13.7. The molecule has 0 bridgehead atoms. The Balaban J connectivity index is 2.01. The van der Waals surface area contributed by atoms with Crippen LogP contribution in [0.15, 0.2) is 11.4 Å². The van der Waals surface area contributed by atoms with Gasteiger partial charge < -0.3 is 9.64 Å². The van der Waals surface area contributed by atoms with Crippen LogP contribution in [0.1, 0.15) is 30.1 Å². The molecule has 0 N–H and O–H groups in total. The van der Waals surface area contributed by atoms with E-state index in [0.717, 1.165) is 27.8 Å². The molecule has 104 valence electrons. The first kappa shape index (κ1) is 14.8. The van der Waals surface area contributed by atoms with Crippen molar-refractivity contribution in [2.45, 2.75) is 19.8 Å². The summed E-state index contributed by atoms with van der Waals surface area (Å²) in [4.78, 5) is 25.8. The van der Waals surface area contributed by atoms with Gasteiger partial charge in [0.05, 0.1) is 21.0 Å². The average molecular weight is 393 g/mol. The van der Waals surface area contributed by atoms with Crippen LogP contribution >= 0.6 is 33.9 Å². The van der Waals surface area contributed by atoms with Gasteiger partial charge in [0, 0.05) is 18.5 Å². The van der Waals surface area contributed by atoms with E-state index in [1.807, 2.05) is 11.4 Å². The SMILES string of the molecule is CCOC(=O)[C@@H]1CCCN(C(=O)c2csc(I)c2)C1. The Kier molecular flexibility index (Phi) is 5.20. The fourth-order valence-corrected chi connectivity index (χ4v) is 3.54. The summed E-state index contributed by atoms with van der Waals surface area (Å²) >= 11 is 3.76. The minimum Gasteiger partial charge on any atom is -0.466 e. The molecule has 2 heterocycles. The van der Waals surface area contributed by atoms with Gasteiger partial charge in [-0.2, -0.15) is 0 Å². The van der Waals surface area contributed by atoms with E-state index in [0.29, 0.717) is 13.2 Å². The summed E-state index contributed by atoms with van der Waals surface area (Å²) in [6.45, 7) is 3.40. The molecule has 0 unspecified atom stereocenters. The Hall–Kier alpha value is -0.630. The average Bonchev–Trinajstić information content (AvgIpc) is 2.85. The molecule has 1 aromatic rings. The lowest BCUT2D eigenvalue weighted by atomic mass is 9.98. The molecular weight excluding hydrogens is 377 g/mol. The molecule has 0 spiro atoms. The number of thiophene rings is 1. The van der Waals surface area contributed by atoms with Gasteiger partial charge in [-0.05, 0) is 48.4 Å². The van der Waals surface area contributed by atoms with Gasteiger partial charge in [0.15, 0.2) is 0 Å². The standard InChI is InChI=1S/C13H16INO3S/c1-2-18-13(17)9-4-3-5-15(7-9)12(16)10-6-11(14)19-8-10/h6,8-9H,2-5,7H2,1H3/t9-/m1/s1. The summed E-state index contributed by atoms with van der Waals surface area (Å²) in [5.41, 5.74) is 0.721. The van der Waals surface area contributed by atoms with Gasteiger partial charge in [-0.3, -0.25) is 9.59 Å². The summed E-state index contributed by atoms with van der Waals surface area (Å²) in [5, 5.41) is 1.87. The molecule has 0 saturated carbocycles. The first-order chi connectivity index (χ1) is 9.11. The van der Waals surface area contributed by atoms with Crippen LogP contribution in [-0.2, 0) is 9.53 Å². The first-order valence-corrected chi connectivity index (χ1v) is 8.27. The summed E-state index contributed by atoms with van der Waals surface area (Å²) in [6, 6.07) is 1.89. The van der Waals surface area contributed by atoms with Crippen LogP contribution in [0.2, 0.25) is 0 Å². The molecule has 0 aliphatic carbocycles. The van der Waals surface area contributed by atoms with Crippen LogP contribution in [-0.4, -0.2) is 36.5 Å². The molecule has 1 aromatic heterocycles. The largest absolute Gasteiger partial charge is 0.466 e. The number of hydrogen-bond donors (Lipinski definition) is 0. The molecule has 1 atom stereocenters. The zero-order valence-electron chi connectivity index (χ0n) is 10.7. The van der Waals surface area contributed by atoms with Crippen molar-refractivity contribution in [2.75, 3.05) is 19.7 Å². The third-order valence-corrected chi connectivity index (χ3v) is 4.93. The molecule has 6 heteroatoms. The number of likely N-dealkylation sites (tertiary alicyclic amines) is 1. The topological polar surface area (TPSA) is 46.6 Å². The molecule has 0 aromatic carbocycles. The lowest BCUT2D eigenvalue weighted by Gasteiger charge is -2.31. The van der Waals surface area contributed by atoms with E-state index in [1.54, 1.807) is 23.2 Å². The molecule has 1 fully saturated rings. The number of hydrogen-bond acceptors (Lipinski definition) is 4. The molecule has 1 aliphatic heterocycles. The van der Waals surface area contributed by atoms with E-state index in [1.165, 1.54) is 0 Å². The first-order valence-electron chi connectivity index (χ1n) is 6.31. The van der Waals surface area contributed by atoms with Crippen LogP contribution in [0.4, 0.5) is 0 Å². The molecule has 1 aliphatic rings. The summed E-state index contributed by atoms with van der Waals surface area (Å²) in [6.07, 6.45) is 1.67. The predicted molar refractivity (Wildman–Crippen MR) is 82.3 cm³/mol. The smallest absolute Gasteiger partial charge is 0.310 e. The van der Waals surface area contributed by atoms with Crippen molar-refractivity contribution in [3.05, 3.63) is 19.9 Å². The van der Waals surface area contributed by atoms with Gasteiger partial charge in [0.2, 0.25) is 0 Å². The van der Waals surface area contributed by atoms with Crippen molar-refractivity contribution in [2.24, 2.45) is 5.92 Å². The van der Waals surface area contributed by atoms with Crippen LogP contribution in [0.25, 0.3) is 0 Å². The van der Waals surface area contributed by atoms with E-state index in [-0.39, 0.29) is 17.8 Å². The van der Waals surface area contributed by atoms with E-state index < -0.39 is 0 Å². The predicted octanol–water partition coefficient (Wildman–Crippen LogP) is 2.77. The van der Waals surface area contributed by atoms with Crippen LogP contribution in [0.3, 0.4) is 0 Å². The van der Waals surface area contributed by atoms with E-state index in [4.69, 9.17) is 4.74 Å². The second-order valence-electron chi connectivity index (χ2n) is 4.48. The molecule has 0 radical (unpaired) electrons. The van der Waals surface area contributed by atoms with E-state index in [2.05, 4.69) is 22.6 Å². The minimum atomic E-state index is -0.181. The second-order valence-corrected chi connectivity index (χ2v) is 7.29. The number of esters is 1. The highest BCUT2D eigenvalue weighted by Gasteiger charge is 2.29. The molecule has 2 rings (SSSR count). The highest BCUT2D eigenvalue weighted by atomic mass is 127. The fraction of sp³-hybridized carbons (Fsp3) is 0.538. The number of ether oxygens (including phenoxy) is 1. The van der Waals surface area contributed by atoms with Crippen molar-refractivity contribution in [1.29, 1.82) is 0 Å². The third-order valence-electron chi connectivity index (χ3n) is 3.14. The zero-order chi connectivity index (χ0) is 13.8. The lowest BCUT2D eigenvalue weighted by Crippen LogP contribution is -2.42. The maximum absolute atomic E-state index is 12.3. The highest BCUT2D eigenvalue weighted by Crippen LogP contribution is 2.22. The van der Waals surface area contributed by atoms with Crippen molar-refractivity contribution < 1.29 is 14.3 Å². The van der Waals surface area contributed by atoms with Gasteiger partial charge in [0.1, 0.15) is 0 Å². The van der Waals surface area contributed by atoms with Crippen LogP contribution < -0.4 is 0 Å². The van der Waals surface area contributed by atoms with Gasteiger partial charge in [0.25, 0.3) is 5.91 Å². The van der Waals surface area contributed by atoms with E-state index >= 15 is 0 Å². The van der Waals surface area contributed by atoms with Gasteiger partial charge in [-0.25, -0.2) is 0 Å². The number of carbonyl (C=O) groups excluding carboxylic acids is 2. The molecular formula is C13H16INO3S. The van der Waals surface area contributed by atoms with Gasteiger partial charge >= 0.3 is 5.97 Å². The Morgan fingerprint density at radius 2 is 2.37 bits per heavy atom. The monoisotopic (exact) mass is 393 g/mol. The Bertz CT molecular complexity index is 474. The number of carbonyl (C=O) groups is 2. The summed E-state index contributed by atoms with van der Waals surface area (Å²) in [7, 11) is 0. The van der Waals surface area contributed by atoms with Gasteiger partial charge in [-0.1, -0.05) is 0 Å². The van der Waals surface area contributed by atoms with E-state index in [9.17, 15) is 9.59 Å². The highest BCUT2D eigenvalue weighted by molar-refractivity contribution is 14.1. The summed E-state index contributed by atoms with van der Waals surface area (Å²) < 4.78 is 6.14. The van der Waals surface area contributed by atoms with Crippen molar-refractivity contribution >= 4 is 45.8 Å². The number of halogens is 1. The lowest BCUT2D eigenvalue weighted by molar-refractivity contribution is -0.149. The number of piperidine rings is 1. The maximum Gasteiger partial charge on any atom is 0.310 e. The summed E-state index contributed by atoms with van der Waals surface area (Å²) in [5.74, 6) is -0.330. The fourth-order valence-electron chi connectivity index (χ4n) is 2.22.